The molecular formula is C36H58N2O5. The molecule has 1 aliphatic rings. The first kappa shape index (κ1) is 36.2. The lowest BCUT2D eigenvalue weighted by Gasteiger charge is -2.33. The molecule has 0 unspecified atom stereocenters. The highest BCUT2D eigenvalue weighted by Gasteiger charge is 2.40. The maximum Gasteiger partial charge on any atom is 0.336 e. The van der Waals surface area contributed by atoms with Crippen LogP contribution in [-0.2, 0) is 25.5 Å². The van der Waals surface area contributed by atoms with Crippen LogP contribution in [0.5, 0.6) is 5.75 Å². The molecule has 0 amide bonds. The molecule has 1 heterocycles. The Kier molecular flexibility index (Phi) is 16.9. The molecule has 0 spiro atoms. The minimum absolute atomic E-state index is 0.223. The van der Waals surface area contributed by atoms with Crippen LogP contribution >= 0.6 is 0 Å². The lowest BCUT2D eigenvalue weighted by molar-refractivity contribution is -0.139. The first-order valence-electron chi connectivity index (χ1n) is 16.9. The van der Waals surface area contributed by atoms with E-state index in [0.29, 0.717) is 40.6 Å². The van der Waals surface area contributed by atoms with Gasteiger partial charge in [0.15, 0.2) is 0 Å². The number of nitrogen functional groups attached to an aromatic ring is 1. The lowest BCUT2D eigenvalue weighted by atomic mass is 9.77. The lowest BCUT2D eigenvalue weighted by Crippen LogP contribution is -2.33. The van der Waals surface area contributed by atoms with Crippen LogP contribution in [0.4, 0.5) is 5.69 Å². The standard InChI is InChI=1S/C36H58N2O5/c1-7-11-12-13-14-15-16-17-18-19-20-21-22-23-28-29(37)24-25-30(41-8-2)33(28)34-31(35(39)42-9-3)26(5)38-27(6)32(34)36(40)43-10-4/h24-25,34,38H,7-23,37H2,1-6H3. The van der Waals surface area contributed by atoms with E-state index < -0.39 is 17.9 Å². The molecule has 0 saturated heterocycles. The monoisotopic (exact) mass is 598 g/mol. The molecule has 0 bridgehead atoms. The summed E-state index contributed by atoms with van der Waals surface area (Å²) in [5.41, 5.74) is 11.0. The molecule has 0 aliphatic carbocycles. The van der Waals surface area contributed by atoms with Gasteiger partial charge < -0.3 is 25.3 Å². The Morgan fingerprint density at radius 2 is 1.16 bits per heavy atom. The number of anilines is 1. The van der Waals surface area contributed by atoms with E-state index in [0.717, 1.165) is 30.4 Å². The van der Waals surface area contributed by atoms with Gasteiger partial charge in [0.1, 0.15) is 5.75 Å². The summed E-state index contributed by atoms with van der Waals surface area (Å²) in [6.07, 6.45) is 17.4. The molecule has 1 aromatic rings. The van der Waals surface area contributed by atoms with Crippen molar-refractivity contribution in [2.45, 2.75) is 137 Å². The number of dihydropyridines is 1. The molecule has 1 aromatic carbocycles. The summed E-state index contributed by atoms with van der Waals surface area (Å²) in [5.74, 6) is -1.04. The van der Waals surface area contributed by atoms with E-state index in [9.17, 15) is 9.59 Å². The second-order valence-electron chi connectivity index (χ2n) is 11.5. The summed E-state index contributed by atoms with van der Waals surface area (Å²) in [4.78, 5) is 26.8. The van der Waals surface area contributed by atoms with Gasteiger partial charge in [-0.2, -0.15) is 0 Å². The van der Waals surface area contributed by atoms with Crippen molar-refractivity contribution < 1.29 is 23.8 Å². The number of rotatable bonds is 21. The minimum Gasteiger partial charge on any atom is -0.494 e. The van der Waals surface area contributed by atoms with Crippen molar-refractivity contribution in [1.29, 1.82) is 0 Å². The number of ether oxygens (including phenoxy) is 3. The quantitative estimate of drug-likeness (QED) is 0.0829. The third-order valence-corrected chi connectivity index (χ3v) is 8.22. The number of carbonyl (C=O) groups is 2. The van der Waals surface area contributed by atoms with Crippen molar-refractivity contribution in [3.8, 4) is 5.75 Å². The topological polar surface area (TPSA) is 99.9 Å². The molecule has 7 heteroatoms. The van der Waals surface area contributed by atoms with Crippen LogP contribution in [0.2, 0.25) is 0 Å². The van der Waals surface area contributed by atoms with Crippen molar-refractivity contribution in [3.05, 3.63) is 45.8 Å². The van der Waals surface area contributed by atoms with E-state index in [2.05, 4.69) is 12.2 Å². The summed E-state index contributed by atoms with van der Waals surface area (Å²) < 4.78 is 17.1. The van der Waals surface area contributed by atoms with Gasteiger partial charge in [-0.3, -0.25) is 0 Å². The van der Waals surface area contributed by atoms with Crippen LogP contribution in [-0.4, -0.2) is 31.8 Å². The van der Waals surface area contributed by atoms with Crippen molar-refractivity contribution in [3.63, 3.8) is 0 Å². The fourth-order valence-electron chi connectivity index (χ4n) is 6.10. The second-order valence-corrected chi connectivity index (χ2v) is 11.5. The number of carbonyl (C=O) groups excluding carboxylic acids is 2. The third-order valence-electron chi connectivity index (χ3n) is 8.22. The summed E-state index contributed by atoms with van der Waals surface area (Å²) >= 11 is 0. The fourth-order valence-corrected chi connectivity index (χ4v) is 6.10. The number of nitrogens with two attached hydrogens (primary N) is 1. The Bertz CT molecular complexity index is 1050. The highest BCUT2D eigenvalue weighted by atomic mass is 16.5. The highest BCUT2D eigenvalue weighted by Crippen LogP contribution is 2.46. The Hall–Kier alpha value is -2.96. The van der Waals surface area contributed by atoms with Crippen LogP contribution in [0.3, 0.4) is 0 Å². The molecule has 43 heavy (non-hydrogen) atoms. The van der Waals surface area contributed by atoms with Gasteiger partial charge in [-0.05, 0) is 65.2 Å². The molecule has 0 atom stereocenters. The van der Waals surface area contributed by atoms with E-state index in [4.69, 9.17) is 19.9 Å². The van der Waals surface area contributed by atoms with E-state index >= 15 is 0 Å². The molecule has 2 rings (SSSR count). The van der Waals surface area contributed by atoms with Gasteiger partial charge in [0.2, 0.25) is 0 Å². The number of hydrogen-bond donors (Lipinski definition) is 2. The Morgan fingerprint density at radius 3 is 1.60 bits per heavy atom. The van der Waals surface area contributed by atoms with Crippen LogP contribution < -0.4 is 15.8 Å². The van der Waals surface area contributed by atoms with Crippen LogP contribution in [0.15, 0.2) is 34.7 Å². The van der Waals surface area contributed by atoms with Crippen LogP contribution in [0, 0.1) is 0 Å². The van der Waals surface area contributed by atoms with Crippen molar-refractivity contribution >= 4 is 17.6 Å². The zero-order chi connectivity index (χ0) is 31.6. The van der Waals surface area contributed by atoms with Crippen molar-refractivity contribution in [1.82, 2.24) is 5.32 Å². The molecule has 3 N–H and O–H groups in total. The summed E-state index contributed by atoms with van der Waals surface area (Å²) in [6.45, 7) is 12.3. The molecule has 1 aliphatic heterocycles. The molecule has 0 aromatic heterocycles. The van der Waals surface area contributed by atoms with Gasteiger partial charge in [0, 0.05) is 22.6 Å². The first-order chi connectivity index (χ1) is 20.8. The zero-order valence-corrected chi connectivity index (χ0v) is 27.9. The first-order valence-corrected chi connectivity index (χ1v) is 16.9. The summed E-state index contributed by atoms with van der Waals surface area (Å²) in [7, 11) is 0. The van der Waals surface area contributed by atoms with E-state index in [1.54, 1.807) is 13.8 Å². The molecule has 0 fully saturated rings. The second kappa shape index (κ2) is 20.1. The van der Waals surface area contributed by atoms with E-state index in [1.807, 2.05) is 32.9 Å². The normalized spacial score (nSPS) is 13.7. The molecule has 0 saturated carbocycles. The molecular weight excluding hydrogens is 540 g/mol. The van der Waals surface area contributed by atoms with Gasteiger partial charge >= 0.3 is 11.9 Å². The Labute approximate surface area is 261 Å². The van der Waals surface area contributed by atoms with E-state index in [1.165, 1.54) is 70.6 Å². The number of allylic oxidation sites excluding steroid dienone is 2. The van der Waals surface area contributed by atoms with E-state index in [-0.39, 0.29) is 13.2 Å². The van der Waals surface area contributed by atoms with Crippen molar-refractivity contribution in [2.75, 3.05) is 25.6 Å². The maximum absolute atomic E-state index is 13.4. The molecule has 7 nitrogen and oxygen atoms in total. The number of esters is 2. The molecule has 242 valence electrons. The van der Waals surface area contributed by atoms with Gasteiger partial charge in [0.25, 0.3) is 0 Å². The fraction of sp³-hybridized carbons (Fsp3) is 0.667. The number of hydrogen-bond acceptors (Lipinski definition) is 7. The summed E-state index contributed by atoms with van der Waals surface area (Å²) in [5, 5.41) is 3.22. The smallest absolute Gasteiger partial charge is 0.336 e. The number of nitrogens with one attached hydrogen (secondary N) is 1. The van der Waals surface area contributed by atoms with Gasteiger partial charge in [-0.25, -0.2) is 9.59 Å². The van der Waals surface area contributed by atoms with Crippen molar-refractivity contribution in [2.24, 2.45) is 0 Å². The Balaban J connectivity index is 2.25. The number of benzene rings is 1. The average molecular weight is 599 g/mol. The molecule has 0 radical (unpaired) electrons. The highest BCUT2D eigenvalue weighted by molar-refractivity contribution is 6.00. The third kappa shape index (κ3) is 10.9. The minimum atomic E-state index is -0.721. The summed E-state index contributed by atoms with van der Waals surface area (Å²) in [6, 6.07) is 3.72. The largest absolute Gasteiger partial charge is 0.494 e. The SMILES string of the molecule is CCCCCCCCCCCCCCCc1c(N)ccc(OCC)c1C1C(C(=O)OCC)=C(C)NC(C)=C1C(=O)OCC. The maximum atomic E-state index is 13.4. The predicted octanol–water partition coefficient (Wildman–Crippen LogP) is 8.66. The average Bonchev–Trinajstić information content (AvgIpc) is 2.96. The van der Waals surface area contributed by atoms with Gasteiger partial charge in [-0.15, -0.1) is 0 Å². The number of unbranched alkanes of at least 4 members (excludes halogenated alkanes) is 12. The van der Waals surface area contributed by atoms with Crippen LogP contribution in [0.25, 0.3) is 0 Å². The predicted molar refractivity (Wildman–Crippen MR) is 176 cm³/mol. The van der Waals surface area contributed by atoms with Gasteiger partial charge in [0.05, 0.1) is 36.9 Å². The van der Waals surface area contributed by atoms with Gasteiger partial charge in [-0.1, -0.05) is 84.0 Å². The van der Waals surface area contributed by atoms with Crippen LogP contribution in [0.1, 0.15) is 142 Å². The Morgan fingerprint density at radius 1 is 0.698 bits per heavy atom. The zero-order valence-electron chi connectivity index (χ0n) is 27.9.